The second kappa shape index (κ2) is 6.88. The molecule has 0 radical (unpaired) electrons. The number of nitrogens with zero attached hydrogens (tertiary/aromatic N) is 2. The van der Waals surface area contributed by atoms with Crippen LogP contribution in [-0.4, -0.2) is 36.4 Å². The molecule has 6 heteroatoms. The Bertz CT molecular complexity index is 500. The monoisotopic (exact) mass is 279 g/mol. The smallest absolute Gasteiger partial charge is 0.292 e. The van der Waals surface area contributed by atoms with Gasteiger partial charge in [0.1, 0.15) is 5.69 Å². The molecule has 0 fully saturated rings. The van der Waals surface area contributed by atoms with Crippen molar-refractivity contribution in [2.45, 2.75) is 20.3 Å². The van der Waals surface area contributed by atoms with Crippen molar-refractivity contribution in [1.29, 1.82) is 0 Å². The van der Waals surface area contributed by atoms with Crippen LogP contribution in [-0.2, 0) is 0 Å². The first-order valence-corrected chi connectivity index (χ1v) is 6.58. The molecule has 0 unspecified atom stereocenters. The number of hydrogen-bond donors (Lipinski definition) is 1. The van der Waals surface area contributed by atoms with E-state index in [-0.39, 0.29) is 11.6 Å². The molecule has 1 N–H and O–H groups in total. The van der Waals surface area contributed by atoms with Crippen molar-refractivity contribution >= 4 is 17.3 Å². The molecule has 0 aliphatic rings. The fourth-order valence-electron chi connectivity index (χ4n) is 1.80. The van der Waals surface area contributed by atoms with Crippen molar-refractivity contribution in [1.82, 2.24) is 4.90 Å². The summed E-state index contributed by atoms with van der Waals surface area (Å²) in [4.78, 5) is 24.2. The molecule has 0 bridgehead atoms. The predicted molar refractivity (Wildman–Crippen MR) is 79.1 cm³/mol. The summed E-state index contributed by atoms with van der Waals surface area (Å²) in [5.41, 5.74) is 0.762. The van der Waals surface area contributed by atoms with Gasteiger partial charge in [-0.05, 0) is 24.5 Å². The van der Waals surface area contributed by atoms with Gasteiger partial charge in [0.15, 0.2) is 0 Å². The molecule has 0 aromatic heterocycles. The zero-order chi connectivity index (χ0) is 15.3. The van der Waals surface area contributed by atoms with Crippen LogP contribution in [0.15, 0.2) is 18.2 Å². The Morgan fingerprint density at radius 2 is 2.10 bits per heavy atom. The molecule has 1 amide bonds. The summed E-state index contributed by atoms with van der Waals surface area (Å²) in [5.74, 6) is 0.395. The first kappa shape index (κ1) is 15.9. The fraction of sp³-hybridized carbons (Fsp3) is 0.500. The molecule has 0 spiro atoms. The number of nitro benzene ring substituents is 1. The molecular weight excluding hydrogens is 258 g/mol. The highest BCUT2D eigenvalue weighted by Gasteiger charge is 2.18. The zero-order valence-corrected chi connectivity index (χ0v) is 12.3. The number of nitrogens with one attached hydrogen (secondary N) is 1. The first-order valence-electron chi connectivity index (χ1n) is 6.58. The maximum atomic E-state index is 12.2. The summed E-state index contributed by atoms with van der Waals surface area (Å²) in [5, 5.41) is 13.6. The van der Waals surface area contributed by atoms with E-state index in [2.05, 4.69) is 19.2 Å². The average molecular weight is 279 g/mol. The lowest BCUT2D eigenvalue weighted by Gasteiger charge is -2.18. The second-order valence-corrected chi connectivity index (χ2v) is 5.15. The molecule has 0 saturated carbocycles. The molecule has 0 atom stereocenters. The van der Waals surface area contributed by atoms with Crippen LogP contribution in [0.2, 0.25) is 0 Å². The number of hydrogen-bond acceptors (Lipinski definition) is 4. The molecule has 20 heavy (non-hydrogen) atoms. The standard InChI is InChI=1S/C14H21N3O3/c1-10(2)7-8-16(4)14(18)11-5-6-13(17(19)20)12(9-11)15-3/h5-6,9-10,15H,7-8H2,1-4H3. The molecule has 0 aliphatic carbocycles. The van der Waals surface area contributed by atoms with E-state index in [1.54, 1.807) is 19.0 Å². The summed E-state index contributed by atoms with van der Waals surface area (Å²) < 4.78 is 0. The minimum atomic E-state index is -0.470. The Morgan fingerprint density at radius 1 is 1.45 bits per heavy atom. The van der Waals surface area contributed by atoms with Crippen molar-refractivity contribution in [3.05, 3.63) is 33.9 Å². The van der Waals surface area contributed by atoms with E-state index < -0.39 is 4.92 Å². The van der Waals surface area contributed by atoms with Gasteiger partial charge in [0.05, 0.1) is 4.92 Å². The van der Waals surface area contributed by atoms with E-state index in [1.807, 2.05) is 0 Å². The molecule has 1 aromatic rings. The SMILES string of the molecule is CNc1cc(C(=O)N(C)CCC(C)C)ccc1[N+](=O)[O-]. The van der Waals surface area contributed by atoms with Crippen molar-refractivity contribution in [2.75, 3.05) is 26.0 Å². The van der Waals surface area contributed by atoms with Gasteiger partial charge in [-0.3, -0.25) is 14.9 Å². The van der Waals surface area contributed by atoms with Crippen molar-refractivity contribution in [3.8, 4) is 0 Å². The van der Waals surface area contributed by atoms with Gasteiger partial charge < -0.3 is 10.2 Å². The summed E-state index contributed by atoms with van der Waals surface area (Å²) in [6.45, 7) is 4.87. The quantitative estimate of drug-likeness (QED) is 0.641. The summed E-state index contributed by atoms with van der Waals surface area (Å²) in [6.07, 6.45) is 0.925. The summed E-state index contributed by atoms with van der Waals surface area (Å²) in [7, 11) is 3.34. The minimum Gasteiger partial charge on any atom is -0.383 e. The minimum absolute atomic E-state index is 0.0334. The number of anilines is 1. The van der Waals surface area contributed by atoms with Crippen LogP contribution < -0.4 is 5.32 Å². The van der Waals surface area contributed by atoms with Crippen LogP contribution in [0.3, 0.4) is 0 Å². The van der Waals surface area contributed by atoms with Crippen molar-refractivity contribution < 1.29 is 9.72 Å². The van der Waals surface area contributed by atoms with Crippen LogP contribution in [0.4, 0.5) is 11.4 Å². The van der Waals surface area contributed by atoms with E-state index in [9.17, 15) is 14.9 Å². The number of nitro groups is 1. The highest BCUT2D eigenvalue weighted by atomic mass is 16.6. The molecule has 6 nitrogen and oxygen atoms in total. The highest BCUT2D eigenvalue weighted by molar-refractivity contribution is 5.95. The normalized spacial score (nSPS) is 10.4. The number of rotatable bonds is 6. The van der Waals surface area contributed by atoms with Gasteiger partial charge in [-0.15, -0.1) is 0 Å². The van der Waals surface area contributed by atoms with E-state index >= 15 is 0 Å². The highest BCUT2D eigenvalue weighted by Crippen LogP contribution is 2.25. The van der Waals surface area contributed by atoms with Gasteiger partial charge in [0.2, 0.25) is 0 Å². The Morgan fingerprint density at radius 3 is 2.60 bits per heavy atom. The predicted octanol–water partition coefficient (Wildman–Crippen LogP) is 2.75. The Balaban J connectivity index is 2.91. The maximum Gasteiger partial charge on any atom is 0.292 e. The van der Waals surface area contributed by atoms with E-state index in [4.69, 9.17) is 0 Å². The van der Waals surface area contributed by atoms with Crippen LogP contribution in [0.1, 0.15) is 30.6 Å². The van der Waals surface area contributed by atoms with E-state index in [0.717, 1.165) is 6.42 Å². The van der Waals surface area contributed by atoms with Crippen LogP contribution >= 0.6 is 0 Å². The molecule has 110 valence electrons. The lowest BCUT2D eigenvalue weighted by Crippen LogP contribution is -2.28. The van der Waals surface area contributed by atoms with Crippen LogP contribution in [0.25, 0.3) is 0 Å². The average Bonchev–Trinajstić information content (AvgIpc) is 2.42. The lowest BCUT2D eigenvalue weighted by molar-refractivity contribution is -0.383. The Hall–Kier alpha value is -2.11. The fourth-order valence-corrected chi connectivity index (χ4v) is 1.80. The Labute approximate surface area is 118 Å². The third-order valence-corrected chi connectivity index (χ3v) is 3.10. The topological polar surface area (TPSA) is 75.5 Å². The van der Waals surface area contributed by atoms with Gasteiger partial charge in [-0.2, -0.15) is 0 Å². The number of carbonyl (C=O) groups is 1. The molecule has 1 aromatic carbocycles. The van der Waals surface area contributed by atoms with Gasteiger partial charge >= 0.3 is 0 Å². The van der Waals surface area contributed by atoms with Gasteiger partial charge in [0.25, 0.3) is 11.6 Å². The second-order valence-electron chi connectivity index (χ2n) is 5.15. The van der Waals surface area contributed by atoms with E-state index in [0.29, 0.717) is 23.7 Å². The number of benzene rings is 1. The lowest BCUT2D eigenvalue weighted by atomic mass is 10.1. The molecule has 0 aliphatic heterocycles. The molecule has 1 rings (SSSR count). The molecule has 0 saturated heterocycles. The third-order valence-electron chi connectivity index (χ3n) is 3.10. The van der Waals surface area contributed by atoms with Crippen LogP contribution in [0.5, 0.6) is 0 Å². The van der Waals surface area contributed by atoms with Gasteiger partial charge in [-0.25, -0.2) is 0 Å². The van der Waals surface area contributed by atoms with Crippen LogP contribution in [0, 0.1) is 16.0 Å². The van der Waals surface area contributed by atoms with Gasteiger partial charge in [0, 0.05) is 32.3 Å². The number of carbonyl (C=O) groups excluding carboxylic acids is 1. The maximum absolute atomic E-state index is 12.2. The Kier molecular flexibility index (Phi) is 5.49. The summed E-state index contributed by atoms with van der Waals surface area (Å²) in [6, 6.07) is 4.37. The van der Waals surface area contributed by atoms with Crippen molar-refractivity contribution in [3.63, 3.8) is 0 Å². The summed E-state index contributed by atoms with van der Waals surface area (Å²) >= 11 is 0. The largest absolute Gasteiger partial charge is 0.383 e. The third kappa shape index (κ3) is 3.94. The first-order chi connectivity index (χ1) is 9.36. The van der Waals surface area contributed by atoms with Gasteiger partial charge in [-0.1, -0.05) is 13.8 Å². The number of amides is 1. The molecular formula is C14H21N3O3. The zero-order valence-electron chi connectivity index (χ0n) is 12.3. The van der Waals surface area contributed by atoms with Crippen molar-refractivity contribution in [2.24, 2.45) is 5.92 Å². The van der Waals surface area contributed by atoms with E-state index in [1.165, 1.54) is 18.2 Å². The molecule has 0 heterocycles.